The Balaban J connectivity index is 1.90. The van der Waals surface area contributed by atoms with E-state index in [2.05, 4.69) is 35.2 Å². The van der Waals surface area contributed by atoms with Crippen LogP contribution in [-0.4, -0.2) is 46.4 Å². The maximum atomic E-state index is 4.27. The molecule has 0 amide bonds. The zero-order valence-electron chi connectivity index (χ0n) is 13.3. The molecule has 0 aliphatic carbocycles. The van der Waals surface area contributed by atoms with Crippen molar-refractivity contribution in [2.45, 2.75) is 58.0 Å². The number of hydrogen-bond acceptors (Lipinski definition) is 3. The average Bonchev–Trinajstić information content (AvgIpc) is 2.85. The molecule has 2 atom stereocenters. The van der Waals surface area contributed by atoms with E-state index < -0.39 is 0 Å². The van der Waals surface area contributed by atoms with Gasteiger partial charge in [-0.25, -0.2) is 0 Å². The van der Waals surface area contributed by atoms with Crippen LogP contribution in [-0.2, 0) is 13.5 Å². The summed E-state index contributed by atoms with van der Waals surface area (Å²) in [5.74, 6) is 0. The molecule has 2 rings (SSSR count). The fourth-order valence-electron chi connectivity index (χ4n) is 3.27. The molecular weight excluding hydrogens is 248 g/mol. The highest BCUT2D eigenvalue weighted by molar-refractivity contribution is 5.01. The summed E-state index contributed by atoms with van der Waals surface area (Å²) >= 11 is 0. The van der Waals surface area contributed by atoms with Crippen LogP contribution in [0.1, 0.15) is 45.2 Å². The maximum absolute atomic E-state index is 4.27. The molecule has 1 saturated heterocycles. The largest absolute Gasteiger partial charge is 0.311 e. The second-order valence-corrected chi connectivity index (χ2v) is 6.03. The molecule has 1 fully saturated rings. The third kappa shape index (κ3) is 4.06. The minimum Gasteiger partial charge on any atom is -0.311 e. The van der Waals surface area contributed by atoms with Crippen LogP contribution < -0.4 is 5.32 Å². The Bertz CT molecular complexity index is 388. The number of hydrogen-bond donors (Lipinski definition) is 1. The first-order valence-corrected chi connectivity index (χ1v) is 8.18. The Hall–Kier alpha value is -0.870. The SMILES string of the molecule is CCCC1CN(CCc2ccnn2C)C(CCC)CN1. The topological polar surface area (TPSA) is 33.1 Å². The zero-order chi connectivity index (χ0) is 14.4. The van der Waals surface area contributed by atoms with Crippen LogP contribution in [0.3, 0.4) is 0 Å². The Morgan fingerprint density at radius 3 is 2.75 bits per heavy atom. The third-order valence-corrected chi connectivity index (χ3v) is 4.45. The van der Waals surface area contributed by atoms with E-state index in [1.165, 1.54) is 37.9 Å². The van der Waals surface area contributed by atoms with Gasteiger partial charge in [-0.05, 0) is 18.9 Å². The van der Waals surface area contributed by atoms with Crippen molar-refractivity contribution in [2.75, 3.05) is 19.6 Å². The molecular formula is C16H30N4. The second-order valence-electron chi connectivity index (χ2n) is 6.03. The molecule has 0 bridgehead atoms. The number of aromatic nitrogens is 2. The smallest absolute Gasteiger partial charge is 0.0492 e. The highest BCUT2D eigenvalue weighted by Crippen LogP contribution is 2.15. The molecule has 1 aromatic rings. The zero-order valence-corrected chi connectivity index (χ0v) is 13.3. The lowest BCUT2D eigenvalue weighted by molar-refractivity contribution is 0.120. The molecule has 0 spiro atoms. The molecule has 2 unspecified atom stereocenters. The fraction of sp³-hybridized carbons (Fsp3) is 0.812. The summed E-state index contributed by atoms with van der Waals surface area (Å²) in [6.45, 7) is 8.09. The number of piperazine rings is 1. The van der Waals surface area contributed by atoms with Crippen molar-refractivity contribution in [1.29, 1.82) is 0 Å². The molecule has 114 valence electrons. The summed E-state index contributed by atoms with van der Waals surface area (Å²) < 4.78 is 2.00. The van der Waals surface area contributed by atoms with E-state index in [1.54, 1.807) is 0 Å². The van der Waals surface area contributed by atoms with Crippen molar-refractivity contribution < 1.29 is 0 Å². The van der Waals surface area contributed by atoms with E-state index in [0.717, 1.165) is 19.5 Å². The van der Waals surface area contributed by atoms with Gasteiger partial charge in [0.1, 0.15) is 0 Å². The summed E-state index contributed by atoms with van der Waals surface area (Å²) in [4.78, 5) is 2.70. The lowest BCUT2D eigenvalue weighted by Gasteiger charge is -2.40. The Labute approximate surface area is 123 Å². The van der Waals surface area contributed by atoms with Gasteiger partial charge in [-0.3, -0.25) is 9.58 Å². The Morgan fingerprint density at radius 1 is 1.30 bits per heavy atom. The van der Waals surface area contributed by atoms with Gasteiger partial charge >= 0.3 is 0 Å². The molecule has 0 aromatic carbocycles. The van der Waals surface area contributed by atoms with Gasteiger partial charge in [0.2, 0.25) is 0 Å². The quantitative estimate of drug-likeness (QED) is 0.830. The third-order valence-electron chi connectivity index (χ3n) is 4.45. The van der Waals surface area contributed by atoms with Crippen LogP contribution in [0.25, 0.3) is 0 Å². The first-order valence-electron chi connectivity index (χ1n) is 8.18. The van der Waals surface area contributed by atoms with Crippen LogP contribution in [0, 0.1) is 0 Å². The molecule has 4 nitrogen and oxygen atoms in total. The van der Waals surface area contributed by atoms with Crippen LogP contribution in [0.15, 0.2) is 12.3 Å². The van der Waals surface area contributed by atoms with Crippen LogP contribution >= 0.6 is 0 Å². The van der Waals surface area contributed by atoms with Crippen molar-refractivity contribution in [3.8, 4) is 0 Å². The van der Waals surface area contributed by atoms with E-state index in [4.69, 9.17) is 0 Å². The lowest BCUT2D eigenvalue weighted by Crippen LogP contribution is -2.56. The molecule has 1 N–H and O–H groups in total. The van der Waals surface area contributed by atoms with Gasteiger partial charge in [0.05, 0.1) is 0 Å². The summed E-state index contributed by atoms with van der Waals surface area (Å²) in [6.07, 6.45) is 8.14. The summed E-state index contributed by atoms with van der Waals surface area (Å²) in [6, 6.07) is 3.53. The maximum Gasteiger partial charge on any atom is 0.0492 e. The predicted molar refractivity (Wildman–Crippen MR) is 83.9 cm³/mol. The van der Waals surface area contributed by atoms with E-state index >= 15 is 0 Å². The second kappa shape index (κ2) is 7.79. The van der Waals surface area contributed by atoms with E-state index in [-0.39, 0.29) is 0 Å². The van der Waals surface area contributed by atoms with E-state index in [1.807, 2.05) is 17.9 Å². The highest BCUT2D eigenvalue weighted by atomic mass is 15.3. The van der Waals surface area contributed by atoms with Gasteiger partial charge in [-0.2, -0.15) is 5.10 Å². The highest BCUT2D eigenvalue weighted by Gasteiger charge is 2.26. The Kier molecular flexibility index (Phi) is 6.05. The van der Waals surface area contributed by atoms with Crippen molar-refractivity contribution in [2.24, 2.45) is 7.05 Å². The summed E-state index contributed by atoms with van der Waals surface area (Å²) in [5.41, 5.74) is 1.34. The standard InChI is InChI=1S/C16H30N4/c1-4-6-14-13-20(16(7-5-2)12-17-14)11-9-15-8-10-18-19(15)3/h8,10,14,16-17H,4-7,9,11-13H2,1-3H3. The average molecular weight is 278 g/mol. The molecule has 20 heavy (non-hydrogen) atoms. The molecule has 1 aromatic heterocycles. The van der Waals surface area contributed by atoms with Crippen molar-refractivity contribution in [1.82, 2.24) is 20.0 Å². The number of aryl methyl sites for hydroxylation is 1. The van der Waals surface area contributed by atoms with Gasteiger partial charge < -0.3 is 5.32 Å². The minimum absolute atomic E-state index is 0.680. The van der Waals surface area contributed by atoms with Gasteiger partial charge in [0, 0.05) is 57.1 Å². The minimum atomic E-state index is 0.680. The van der Waals surface area contributed by atoms with Crippen molar-refractivity contribution in [3.05, 3.63) is 18.0 Å². The molecule has 1 aliphatic heterocycles. The van der Waals surface area contributed by atoms with Gasteiger partial charge in [0.25, 0.3) is 0 Å². The number of nitrogens with zero attached hydrogens (tertiary/aromatic N) is 3. The monoisotopic (exact) mass is 278 g/mol. The van der Waals surface area contributed by atoms with Crippen LogP contribution in [0.5, 0.6) is 0 Å². The lowest BCUT2D eigenvalue weighted by atomic mass is 10.0. The van der Waals surface area contributed by atoms with E-state index in [0.29, 0.717) is 12.1 Å². The summed E-state index contributed by atoms with van der Waals surface area (Å²) in [7, 11) is 2.04. The first kappa shape index (κ1) is 15.5. The predicted octanol–water partition coefficient (Wildman–Crippen LogP) is 2.21. The van der Waals surface area contributed by atoms with Crippen molar-refractivity contribution in [3.63, 3.8) is 0 Å². The molecule has 2 heterocycles. The normalized spacial score (nSPS) is 24.1. The number of rotatable bonds is 7. The summed E-state index contributed by atoms with van der Waals surface area (Å²) in [5, 5.41) is 8.00. The molecule has 1 aliphatic rings. The Morgan fingerprint density at radius 2 is 2.10 bits per heavy atom. The van der Waals surface area contributed by atoms with Gasteiger partial charge in [-0.15, -0.1) is 0 Å². The van der Waals surface area contributed by atoms with Gasteiger partial charge in [-0.1, -0.05) is 26.7 Å². The van der Waals surface area contributed by atoms with Crippen LogP contribution in [0.2, 0.25) is 0 Å². The number of nitrogens with one attached hydrogen (secondary N) is 1. The molecule has 4 heteroatoms. The van der Waals surface area contributed by atoms with Crippen molar-refractivity contribution >= 4 is 0 Å². The molecule has 0 saturated carbocycles. The van der Waals surface area contributed by atoms with Crippen LogP contribution in [0.4, 0.5) is 0 Å². The first-order chi connectivity index (χ1) is 9.74. The fourth-order valence-corrected chi connectivity index (χ4v) is 3.27. The van der Waals surface area contributed by atoms with Gasteiger partial charge in [0.15, 0.2) is 0 Å². The molecule has 0 radical (unpaired) electrons. The van der Waals surface area contributed by atoms with E-state index in [9.17, 15) is 0 Å².